The van der Waals surface area contributed by atoms with Gasteiger partial charge in [-0.2, -0.15) is 0 Å². The highest BCUT2D eigenvalue weighted by Gasteiger charge is 2.04. The quantitative estimate of drug-likeness (QED) is 0.520. The summed E-state index contributed by atoms with van der Waals surface area (Å²) in [5.74, 6) is 0. The molecule has 0 spiro atoms. The molecule has 1 rings (SSSR count). The molecule has 1 fully saturated rings. The van der Waals surface area contributed by atoms with Gasteiger partial charge < -0.3 is 21.3 Å². The fourth-order valence-corrected chi connectivity index (χ4v) is 1.55. The van der Waals surface area contributed by atoms with E-state index >= 15 is 0 Å². The molecule has 0 saturated carbocycles. The summed E-state index contributed by atoms with van der Waals surface area (Å²) in [6, 6.07) is 0. The zero-order valence-corrected chi connectivity index (χ0v) is 8.39. The zero-order chi connectivity index (χ0) is 9.36. The number of hydrogen-bond acceptors (Lipinski definition) is 4. The van der Waals surface area contributed by atoms with Gasteiger partial charge in [0, 0.05) is 39.3 Å². The summed E-state index contributed by atoms with van der Waals surface area (Å²) in [5, 5.41) is 6.80. The lowest BCUT2D eigenvalue weighted by Gasteiger charge is -2.20. The Balaban J connectivity index is 2.16. The highest BCUT2D eigenvalue weighted by Crippen LogP contribution is 1.90. The van der Waals surface area contributed by atoms with Crippen LogP contribution in [0.2, 0.25) is 0 Å². The van der Waals surface area contributed by atoms with E-state index in [1.165, 1.54) is 0 Å². The molecular weight excluding hydrogens is 164 g/mol. The molecule has 0 aromatic rings. The van der Waals surface area contributed by atoms with Crippen LogP contribution in [0.25, 0.3) is 0 Å². The normalized spacial score (nSPS) is 21.9. The Labute approximate surface area is 80.9 Å². The maximum absolute atomic E-state index is 5.49. The van der Waals surface area contributed by atoms with Crippen LogP contribution in [-0.2, 0) is 0 Å². The van der Waals surface area contributed by atoms with Crippen LogP contribution in [0, 0.1) is 0 Å². The second-order valence-electron chi connectivity index (χ2n) is 3.48. The van der Waals surface area contributed by atoms with Gasteiger partial charge in [0.1, 0.15) is 0 Å². The molecular formula is C9H22N4. The average molecular weight is 186 g/mol. The van der Waals surface area contributed by atoms with Gasteiger partial charge in [-0.3, -0.25) is 0 Å². The molecule has 1 heterocycles. The Morgan fingerprint density at radius 1 is 1.00 bits per heavy atom. The Morgan fingerprint density at radius 2 is 1.62 bits per heavy atom. The zero-order valence-electron chi connectivity index (χ0n) is 8.39. The highest BCUT2D eigenvalue weighted by atomic mass is 15.2. The fourth-order valence-electron chi connectivity index (χ4n) is 1.55. The minimum absolute atomic E-state index is 0.803. The van der Waals surface area contributed by atoms with Crippen LogP contribution in [0.1, 0.15) is 6.42 Å². The van der Waals surface area contributed by atoms with E-state index in [-0.39, 0.29) is 0 Å². The maximum atomic E-state index is 5.49. The lowest BCUT2D eigenvalue weighted by atomic mass is 10.3. The number of hydrogen-bond donors (Lipinski definition) is 3. The first-order valence-corrected chi connectivity index (χ1v) is 5.27. The van der Waals surface area contributed by atoms with Crippen LogP contribution >= 0.6 is 0 Å². The number of nitrogens with one attached hydrogen (secondary N) is 2. The standard InChI is InChI=1S/C9H22N4/c10-2-1-7-13-8-5-11-3-4-12-6-9-13/h11-12H,1-10H2. The lowest BCUT2D eigenvalue weighted by Crippen LogP contribution is -2.35. The van der Waals surface area contributed by atoms with Gasteiger partial charge in [-0.05, 0) is 19.5 Å². The van der Waals surface area contributed by atoms with Gasteiger partial charge in [0.25, 0.3) is 0 Å². The van der Waals surface area contributed by atoms with Crippen LogP contribution in [0.3, 0.4) is 0 Å². The van der Waals surface area contributed by atoms with Gasteiger partial charge >= 0.3 is 0 Å². The maximum Gasteiger partial charge on any atom is 0.0107 e. The van der Waals surface area contributed by atoms with Crippen molar-refractivity contribution in [3.8, 4) is 0 Å². The minimum atomic E-state index is 0.803. The molecule has 1 saturated heterocycles. The summed E-state index contributed by atoms with van der Waals surface area (Å²) in [6.45, 7) is 8.63. The van der Waals surface area contributed by atoms with Crippen molar-refractivity contribution >= 4 is 0 Å². The summed E-state index contributed by atoms with van der Waals surface area (Å²) < 4.78 is 0. The molecule has 0 unspecified atom stereocenters. The van der Waals surface area contributed by atoms with E-state index in [2.05, 4.69) is 15.5 Å². The predicted molar refractivity (Wildman–Crippen MR) is 55.9 cm³/mol. The Kier molecular flexibility index (Phi) is 6.10. The van der Waals surface area contributed by atoms with Crippen LogP contribution in [0.4, 0.5) is 0 Å². The largest absolute Gasteiger partial charge is 0.330 e. The number of rotatable bonds is 3. The molecule has 78 valence electrons. The summed E-state index contributed by atoms with van der Waals surface area (Å²) >= 11 is 0. The van der Waals surface area contributed by atoms with Crippen LogP contribution in [-0.4, -0.2) is 57.3 Å². The van der Waals surface area contributed by atoms with E-state index in [1.807, 2.05) is 0 Å². The summed E-state index contributed by atoms with van der Waals surface area (Å²) in [5.41, 5.74) is 5.49. The van der Waals surface area contributed by atoms with Gasteiger partial charge in [0.15, 0.2) is 0 Å². The Bertz CT molecular complexity index is 108. The molecule has 0 aromatic carbocycles. The molecule has 0 bridgehead atoms. The summed E-state index contributed by atoms with van der Waals surface area (Å²) in [7, 11) is 0. The molecule has 4 heteroatoms. The lowest BCUT2D eigenvalue weighted by molar-refractivity contribution is 0.279. The molecule has 13 heavy (non-hydrogen) atoms. The van der Waals surface area contributed by atoms with Crippen LogP contribution < -0.4 is 16.4 Å². The van der Waals surface area contributed by atoms with Gasteiger partial charge in [0.2, 0.25) is 0 Å². The summed E-state index contributed by atoms with van der Waals surface area (Å²) in [6.07, 6.45) is 1.11. The number of nitrogens with two attached hydrogens (primary N) is 1. The molecule has 0 aliphatic carbocycles. The van der Waals surface area contributed by atoms with E-state index in [0.717, 1.165) is 58.8 Å². The van der Waals surface area contributed by atoms with Crippen molar-refractivity contribution in [2.45, 2.75) is 6.42 Å². The van der Waals surface area contributed by atoms with Crippen molar-refractivity contribution in [2.75, 3.05) is 52.4 Å². The summed E-state index contributed by atoms with van der Waals surface area (Å²) in [4.78, 5) is 2.47. The third-order valence-electron chi connectivity index (χ3n) is 2.37. The topological polar surface area (TPSA) is 53.3 Å². The van der Waals surface area contributed by atoms with Crippen molar-refractivity contribution in [3.05, 3.63) is 0 Å². The molecule has 1 aliphatic heterocycles. The van der Waals surface area contributed by atoms with E-state index in [0.29, 0.717) is 0 Å². The molecule has 4 nitrogen and oxygen atoms in total. The second-order valence-corrected chi connectivity index (χ2v) is 3.48. The van der Waals surface area contributed by atoms with Gasteiger partial charge in [-0.15, -0.1) is 0 Å². The van der Waals surface area contributed by atoms with Crippen molar-refractivity contribution in [3.63, 3.8) is 0 Å². The molecule has 0 aromatic heterocycles. The number of nitrogens with zero attached hydrogens (tertiary/aromatic N) is 1. The van der Waals surface area contributed by atoms with Crippen LogP contribution in [0.15, 0.2) is 0 Å². The third kappa shape index (κ3) is 5.21. The van der Waals surface area contributed by atoms with Gasteiger partial charge in [0.05, 0.1) is 0 Å². The predicted octanol–water partition coefficient (Wildman–Crippen LogP) is -1.17. The van der Waals surface area contributed by atoms with Crippen molar-refractivity contribution < 1.29 is 0 Å². The smallest absolute Gasteiger partial charge is 0.0107 e. The van der Waals surface area contributed by atoms with Gasteiger partial charge in [-0.25, -0.2) is 0 Å². The molecule has 4 N–H and O–H groups in total. The van der Waals surface area contributed by atoms with Crippen LogP contribution in [0.5, 0.6) is 0 Å². The highest BCUT2D eigenvalue weighted by molar-refractivity contribution is 4.65. The SMILES string of the molecule is NCCCN1CCNCCNCC1. The Morgan fingerprint density at radius 3 is 2.15 bits per heavy atom. The van der Waals surface area contributed by atoms with E-state index in [9.17, 15) is 0 Å². The molecule has 0 amide bonds. The molecule has 0 atom stereocenters. The first kappa shape index (κ1) is 10.9. The fraction of sp³-hybridized carbons (Fsp3) is 1.00. The van der Waals surface area contributed by atoms with E-state index in [1.54, 1.807) is 0 Å². The first-order chi connectivity index (χ1) is 6.43. The Hall–Kier alpha value is -0.160. The van der Waals surface area contributed by atoms with Crippen molar-refractivity contribution in [2.24, 2.45) is 5.73 Å². The molecule has 0 radical (unpaired) electrons. The average Bonchev–Trinajstić information content (AvgIpc) is 2.28. The third-order valence-corrected chi connectivity index (χ3v) is 2.37. The minimum Gasteiger partial charge on any atom is -0.330 e. The van der Waals surface area contributed by atoms with E-state index < -0.39 is 0 Å². The van der Waals surface area contributed by atoms with Crippen molar-refractivity contribution in [1.82, 2.24) is 15.5 Å². The molecule has 1 aliphatic rings. The van der Waals surface area contributed by atoms with Crippen molar-refractivity contribution in [1.29, 1.82) is 0 Å². The van der Waals surface area contributed by atoms with Gasteiger partial charge in [-0.1, -0.05) is 0 Å². The monoisotopic (exact) mass is 186 g/mol. The second kappa shape index (κ2) is 7.26. The van der Waals surface area contributed by atoms with E-state index in [4.69, 9.17) is 5.73 Å². The first-order valence-electron chi connectivity index (χ1n) is 5.27.